The Kier molecular flexibility index (Phi) is 8.80. The standard InChI is InChI=1S/C24H28N4O4/c29-22(26-19-7-3-1-4-8-19)15-23(30)28-25-16-18-11-13-21(14-12-18)32-17-24(31)27-20-9-5-2-6-10-20/h2,5-6,9-14,16,19H,1,3-4,7-8,15,17H2,(H,26,29)(H,27,31)(H,28,30)/b25-16+. The maximum atomic E-state index is 11.9. The van der Waals surface area contributed by atoms with Crippen LogP contribution in [0.2, 0.25) is 0 Å². The molecule has 1 fully saturated rings. The minimum Gasteiger partial charge on any atom is -0.484 e. The Morgan fingerprint density at radius 1 is 0.906 bits per heavy atom. The van der Waals surface area contributed by atoms with Crippen LogP contribution in [0.5, 0.6) is 5.75 Å². The van der Waals surface area contributed by atoms with Crippen molar-refractivity contribution in [3.63, 3.8) is 0 Å². The van der Waals surface area contributed by atoms with Gasteiger partial charge in [0.25, 0.3) is 5.91 Å². The van der Waals surface area contributed by atoms with E-state index in [2.05, 4.69) is 21.2 Å². The van der Waals surface area contributed by atoms with Crippen molar-refractivity contribution < 1.29 is 19.1 Å². The normalized spacial score (nSPS) is 14.0. The fraction of sp³-hybridized carbons (Fsp3) is 0.333. The molecule has 0 atom stereocenters. The molecule has 2 aromatic carbocycles. The maximum Gasteiger partial charge on any atom is 0.262 e. The fourth-order valence-electron chi connectivity index (χ4n) is 3.41. The van der Waals surface area contributed by atoms with Crippen LogP contribution in [-0.2, 0) is 14.4 Å². The van der Waals surface area contributed by atoms with Crippen molar-refractivity contribution in [2.75, 3.05) is 11.9 Å². The van der Waals surface area contributed by atoms with Crippen LogP contribution >= 0.6 is 0 Å². The largest absolute Gasteiger partial charge is 0.484 e. The van der Waals surface area contributed by atoms with Gasteiger partial charge in [0, 0.05) is 11.7 Å². The Hall–Kier alpha value is -3.68. The van der Waals surface area contributed by atoms with E-state index in [1.807, 2.05) is 18.2 Å². The molecule has 32 heavy (non-hydrogen) atoms. The molecule has 0 spiro atoms. The maximum absolute atomic E-state index is 11.9. The minimum absolute atomic E-state index is 0.110. The molecule has 0 bridgehead atoms. The highest BCUT2D eigenvalue weighted by Crippen LogP contribution is 2.17. The zero-order valence-electron chi connectivity index (χ0n) is 17.9. The summed E-state index contributed by atoms with van der Waals surface area (Å²) in [5.41, 5.74) is 3.81. The van der Waals surface area contributed by atoms with E-state index in [0.29, 0.717) is 11.4 Å². The first-order chi connectivity index (χ1) is 15.6. The number of amides is 3. The van der Waals surface area contributed by atoms with Crippen LogP contribution in [0, 0.1) is 0 Å². The van der Waals surface area contributed by atoms with Gasteiger partial charge in [-0.3, -0.25) is 14.4 Å². The summed E-state index contributed by atoms with van der Waals surface area (Å²) in [5.74, 6) is -0.452. The molecule has 3 amide bonds. The fourth-order valence-corrected chi connectivity index (χ4v) is 3.41. The predicted molar refractivity (Wildman–Crippen MR) is 122 cm³/mol. The SMILES string of the molecule is O=C(CC(=O)NC1CCCCC1)N/N=C/c1ccc(OCC(=O)Nc2ccccc2)cc1. The van der Waals surface area contributed by atoms with Crippen LogP contribution < -0.4 is 20.8 Å². The Morgan fingerprint density at radius 2 is 1.62 bits per heavy atom. The van der Waals surface area contributed by atoms with Crippen molar-refractivity contribution in [1.29, 1.82) is 0 Å². The van der Waals surface area contributed by atoms with E-state index in [9.17, 15) is 14.4 Å². The molecule has 0 radical (unpaired) electrons. The van der Waals surface area contributed by atoms with Gasteiger partial charge in [-0.1, -0.05) is 37.5 Å². The van der Waals surface area contributed by atoms with Crippen molar-refractivity contribution in [3.8, 4) is 5.75 Å². The molecule has 0 heterocycles. The third-order valence-corrected chi connectivity index (χ3v) is 5.00. The van der Waals surface area contributed by atoms with Crippen LogP contribution in [0.25, 0.3) is 0 Å². The lowest BCUT2D eigenvalue weighted by Crippen LogP contribution is -2.38. The van der Waals surface area contributed by atoms with Gasteiger partial charge in [-0.15, -0.1) is 0 Å². The molecule has 168 valence electrons. The second-order valence-electron chi connectivity index (χ2n) is 7.64. The highest BCUT2D eigenvalue weighted by Gasteiger charge is 2.17. The van der Waals surface area contributed by atoms with E-state index in [4.69, 9.17) is 4.74 Å². The first-order valence-electron chi connectivity index (χ1n) is 10.8. The zero-order chi connectivity index (χ0) is 22.6. The van der Waals surface area contributed by atoms with E-state index in [0.717, 1.165) is 31.2 Å². The van der Waals surface area contributed by atoms with Gasteiger partial charge in [-0.2, -0.15) is 5.10 Å². The number of carbonyl (C=O) groups excluding carboxylic acids is 3. The molecule has 1 aliphatic rings. The van der Waals surface area contributed by atoms with Crippen LogP contribution in [0.1, 0.15) is 44.1 Å². The van der Waals surface area contributed by atoms with Gasteiger partial charge < -0.3 is 15.4 Å². The third kappa shape index (κ3) is 8.22. The number of nitrogens with one attached hydrogen (secondary N) is 3. The number of hydrogen-bond acceptors (Lipinski definition) is 5. The molecule has 0 saturated heterocycles. The molecule has 8 heteroatoms. The van der Waals surface area contributed by atoms with Crippen LogP contribution in [-0.4, -0.2) is 36.6 Å². The topological polar surface area (TPSA) is 109 Å². The van der Waals surface area contributed by atoms with E-state index in [1.165, 1.54) is 12.6 Å². The average Bonchev–Trinajstić information content (AvgIpc) is 2.80. The third-order valence-electron chi connectivity index (χ3n) is 5.00. The smallest absolute Gasteiger partial charge is 0.262 e. The molecule has 8 nitrogen and oxygen atoms in total. The summed E-state index contributed by atoms with van der Waals surface area (Å²) in [6.45, 7) is -0.110. The van der Waals surface area contributed by atoms with E-state index < -0.39 is 5.91 Å². The van der Waals surface area contributed by atoms with E-state index in [1.54, 1.807) is 36.4 Å². The molecular formula is C24H28N4O4. The Bertz CT molecular complexity index is 923. The van der Waals surface area contributed by atoms with Crippen LogP contribution in [0.15, 0.2) is 59.7 Å². The monoisotopic (exact) mass is 436 g/mol. The lowest BCUT2D eigenvalue weighted by Gasteiger charge is -2.22. The van der Waals surface area contributed by atoms with Crippen molar-refractivity contribution >= 4 is 29.6 Å². The summed E-state index contributed by atoms with van der Waals surface area (Å²) < 4.78 is 5.47. The van der Waals surface area contributed by atoms with Gasteiger partial charge in [0.15, 0.2) is 6.61 Å². The lowest BCUT2D eigenvalue weighted by atomic mass is 9.95. The van der Waals surface area contributed by atoms with Gasteiger partial charge >= 0.3 is 0 Å². The van der Waals surface area contributed by atoms with Gasteiger partial charge in [0.1, 0.15) is 12.2 Å². The summed E-state index contributed by atoms with van der Waals surface area (Å²) in [5, 5.41) is 9.53. The van der Waals surface area contributed by atoms with Crippen molar-refractivity contribution in [3.05, 3.63) is 60.2 Å². The quantitative estimate of drug-likeness (QED) is 0.319. The molecule has 3 rings (SSSR count). The first kappa shape index (κ1) is 23.0. The molecule has 1 aliphatic carbocycles. The number of benzene rings is 2. The Balaban J connectivity index is 1.35. The number of para-hydroxylation sites is 1. The number of hydrazone groups is 1. The number of ether oxygens (including phenoxy) is 1. The molecule has 0 unspecified atom stereocenters. The van der Waals surface area contributed by atoms with Gasteiger partial charge in [-0.25, -0.2) is 5.43 Å². The summed E-state index contributed by atoms with van der Waals surface area (Å²) >= 11 is 0. The molecular weight excluding hydrogens is 408 g/mol. The molecule has 1 saturated carbocycles. The Labute approximate surface area is 187 Å². The number of carbonyl (C=O) groups is 3. The number of anilines is 1. The molecule has 0 aromatic heterocycles. The van der Waals surface area contributed by atoms with E-state index >= 15 is 0 Å². The lowest BCUT2D eigenvalue weighted by molar-refractivity contribution is -0.129. The van der Waals surface area contributed by atoms with E-state index in [-0.39, 0.29) is 30.9 Å². The summed E-state index contributed by atoms with van der Waals surface area (Å²) in [7, 11) is 0. The second-order valence-corrected chi connectivity index (χ2v) is 7.64. The molecule has 2 aromatic rings. The predicted octanol–water partition coefficient (Wildman–Crippen LogP) is 2.99. The molecule has 3 N–H and O–H groups in total. The minimum atomic E-state index is -0.459. The number of rotatable bonds is 9. The highest BCUT2D eigenvalue weighted by molar-refractivity contribution is 5.97. The van der Waals surface area contributed by atoms with Crippen molar-refractivity contribution in [2.45, 2.75) is 44.6 Å². The number of nitrogens with zero attached hydrogens (tertiary/aromatic N) is 1. The second kappa shape index (κ2) is 12.2. The number of hydrogen-bond donors (Lipinski definition) is 3. The summed E-state index contributed by atoms with van der Waals surface area (Å²) in [4.78, 5) is 35.7. The average molecular weight is 437 g/mol. The highest BCUT2D eigenvalue weighted by atomic mass is 16.5. The first-order valence-corrected chi connectivity index (χ1v) is 10.8. The van der Waals surface area contributed by atoms with Crippen molar-refractivity contribution in [2.24, 2.45) is 5.10 Å². The van der Waals surface area contributed by atoms with Crippen molar-refractivity contribution in [1.82, 2.24) is 10.7 Å². The van der Waals surface area contributed by atoms with Gasteiger partial charge in [0.2, 0.25) is 11.8 Å². The van der Waals surface area contributed by atoms with Crippen LogP contribution in [0.4, 0.5) is 5.69 Å². The summed E-state index contributed by atoms with van der Waals surface area (Å²) in [6, 6.07) is 16.2. The zero-order valence-corrected chi connectivity index (χ0v) is 17.9. The van der Waals surface area contributed by atoms with Gasteiger partial charge in [-0.05, 0) is 54.8 Å². The Morgan fingerprint density at radius 3 is 2.34 bits per heavy atom. The summed E-state index contributed by atoms with van der Waals surface area (Å²) in [6.07, 6.45) is 6.62. The van der Waals surface area contributed by atoms with Crippen LogP contribution in [0.3, 0.4) is 0 Å². The molecule has 0 aliphatic heterocycles. The van der Waals surface area contributed by atoms with Gasteiger partial charge in [0.05, 0.1) is 6.21 Å².